The molecule has 0 saturated carbocycles. The van der Waals surface area contributed by atoms with E-state index in [-0.39, 0.29) is 11.5 Å². The van der Waals surface area contributed by atoms with Crippen molar-refractivity contribution in [2.24, 2.45) is 0 Å². The lowest BCUT2D eigenvalue weighted by atomic mass is 10.0. The molecule has 0 fully saturated rings. The maximum atomic E-state index is 10.7. The van der Waals surface area contributed by atoms with Gasteiger partial charge in [0.1, 0.15) is 11.4 Å². The van der Waals surface area contributed by atoms with Crippen molar-refractivity contribution in [2.45, 2.75) is 19.3 Å². The van der Waals surface area contributed by atoms with E-state index in [9.17, 15) is 9.90 Å². The number of rotatable bonds is 2. The minimum atomic E-state index is -1.17. The zero-order chi connectivity index (χ0) is 12.7. The molecule has 3 rings (SSSR count). The van der Waals surface area contributed by atoms with E-state index in [0.717, 1.165) is 24.8 Å². The molecule has 1 aromatic heterocycles. The van der Waals surface area contributed by atoms with Gasteiger partial charge in [0.25, 0.3) is 0 Å². The highest BCUT2D eigenvalue weighted by atomic mass is 16.5. The second-order valence-electron chi connectivity index (χ2n) is 4.37. The van der Waals surface area contributed by atoms with Crippen molar-refractivity contribution in [3.63, 3.8) is 0 Å². The molecule has 0 spiro atoms. The average Bonchev–Trinajstić information content (AvgIpc) is 2.94. The highest BCUT2D eigenvalue weighted by Crippen LogP contribution is 2.35. The molecule has 1 aliphatic rings. The van der Waals surface area contributed by atoms with Crippen LogP contribution in [-0.4, -0.2) is 21.3 Å². The largest absolute Gasteiger partial charge is 0.507 e. The van der Waals surface area contributed by atoms with Crippen LogP contribution in [0.4, 0.5) is 0 Å². The Bertz CT molecular complexity index is 630. The Labute approximate surface area is 103 Å². The number of hydrogen-bond acceptors (Lipinski definition) is 4. The Morgan fingerprint density at radius 3 is 2.61 bits per heavy atom. The summed E-state index contributed by atoms with van der Waals surface area (Å²) in [5.74, 6) is -1.29. The van der Waals surface area contributed by atoms with Crippen LogP contribution in [0.1, 0.15) is 28.1 Å². The van der Waals surface area contributed by atoms with Crippen molar-refractivity contribution >= 4 is 5.97 Å². The molecule has 1 aliphatic carbocycles. The lowest BCUT2D eigenvalue weighted by Crippen LogP contribution is -1.91. The zero-order valence-corrected chi connectivity index (χ0v) is 9.51. The molecular weight excluding hydrogens is 234 g/mol. The second-order valence-corrected chi connectivity index (χ2v) is 4.37. The van der Waals surface area contributed by atoms with Gasteiger partial charge in [0.15, 0.2) is 0 Å². The number of phenols is 1. The molecule has 0 aliphatic heterocycles. The van der Waals surface area contributed by atoms with Crippen LogP contribution in [-0.2, 0) is 12.8 Å². The molecule has 2 aromatic rings. The number of carboxylic acid groups (broad SMARTS) is 1. The van der Waals surface area contributed by atoms with Crippen molar-refractivity contribution in [1.29, 1.82) is 0 Å². The van der Waals surface area contributed by atoms with Gasteiger partial charge in [-0.3, -0.25) is 0 Å². The summed E-state index contributed by atoms with van der Waals surface area (Å²) in [7, 11) is 0. The fraction of sp³-hybridized carbons (Fsp3) is 0.231. The number of hydrogen-bond donors (Lipinski definition) is 2. The van der Waals surface area contributed by atoms with Crippen LogP contribution >= 0.6 is 0 Å². The Balaban J connectivity index is 2.08. The van der Waals surface area contributed by atoms with E-state index in [4.69, 9.17) is 9.63 Å². The first-order chi connectivity index (χ1) is 8.65. The molecule has 92 valence electrons. The molecule has 0 saturated heterocycles. The summed E-state index contributed by atoms with van der Waals surface area (Å²) in [5.41, 5.74) is 3.20. The fourth-order valence-electron chi connectivity index (χ4n) is 2.32. The smallest absolute Gasteiger partial charge is 0.374 e. The highest BCUT2D eigenvalue weighted by molar-refractivity contribution is 5.86. The highest BCUT2D eigenvalue weighted by Gasteiger charge is 2.19. The van der Waals surface area contributed by atoms with E-state index in [1.54, 1.807) is 6.07 Å². The Morgan fingerprint density at radius 2 is 1.94 bits per heavy atom. The van der Waals surface area contributed by atoms with E-state index in [1.165, 1.54) is 11.6 Å². The molecule has 0 radical (unpaired) electrons. The molecule has 0 amide bonds. The van der Waals surface area contributed by atoms with Crippen molar-refractivity contribution in [3.8, 4) is 17.0 Å². The van der Waals surface area contributed by atoms with E-state index < -0.39 is 5.97 Å². The maximum Gasteiger partial charge on any atom is 0.374 e. The second kappa shape index (κ2) is 3.87. The van der Waals surface area contributed by atoms with Crippen molar-refractivity contribution in [2.75, 3.05) is 0 Å². The number of carboxylic acids is 1. The molecule has 2 N–H and O–H groups in total. The summed E-state index contributed by atoms with van der Waals surface area (Å²) in [6.45, 7) is 0. The third-order valence-corrected chi connectivity index (χ3v) is 3.21. The molecular formula is C13H11NO4. The predicted molar refractivity (Wildman–Crippen MR) is 62.6 cm³/mol. The molecule has 5 nitrogen and oxygen atoms in total. The Kier molecular flexibility index (Phi) is 2.33. The van der Waals surface area contributed by atoms with Crippen LogP contribution in [0, 0.1) is 0 Å². The predicted octanol–water partition coefficient (Wildman–Crippen LogP) is 2.23. The summed E-state index contributed by atoms with van der Waals surface area (Å²) in [6.07, 6.45) is 3.03. The standard InChI is InChI=1S/C13H11NO4/c15-11-5-8-3-1-2-7(8)4-9(11)10-6-12(13(16)17)18-14-10/h4-6,15H,1-3H2,(H,16,17). The Hall–Kier alpha value is -2.30. The number of nitrogens with zero attached hydrogens (tertiary/aromatic N) is 1. The first-order valence-corrected chi connectivity index (χ1v) is 5.70. The van der Waals surface area contributed by atoms with Crippen molar-refractivity contribution in [1.82, 2.24) is 5.16 Å². The van der Waals surface area contributed by atoms with Crippen LogP contribution in [0.2, 0.25) is 0 Å². The number of aromatic carboxylic acids is 1. The lowest BCUT2D eigenvalue weighted by Gasteiger charge is -2.05. The van der Waals surface area contributed by atoms with Gasteiger partial charge >= 0.3 is 5.97 Å². The third-order valence-electron chi connectivity index (χ3n) is 3.21. The minimum Gasteiger partial charge on any atom is -0.507 e. The number of phenolic OH excluding ortho intramolecular Hbond substituents is 1. The molecule has 1 heterocycles. The van der Waals surface area contributed by atoms with Gasteiger partial charge in [-0.25, -0.2) is 4.79 Å². The van der Waals surface area contributed by atoms with Gasteiger partial charge in [-0.05, 0) is 42.5 Å². The van der Waals surface area contributed by atoms with Gasteiger partial charge in [0.2, 0.25) is 5.76 Å². The summed E-state index contributed by atoms with van der Waals surface area (Å²) in [5, 5.41) is 22.4. The summed E-state index contributed by atoms with van der Waals surface area (Å²) >= 11 is 0. The van der Waals surface area contributed by atoms with Crippen LogP contribution in [0.15, 0.2) is 22.7 Å². The minimum absolute atomic E-state index is 0.112. The van der Waals surface area contributed by atoms with Crippen LogP contribution in [0.3, 0.4) is 0 Å². The number of fused-ring (bicyclic) bond motifs is 1. The van der Waals surface area contributed by atoms with Crippen LogP contribution in [0.25, 0.3) is 11.3 Å². The topological polar surface area (TPSA) is 83.6 Å². The number of carbonyl (C=O) groups is 1. The quantitative estimate of drug-likeness (QED) is 0.847. The molecule has 0 atom stereocenters. The normalized spacial score (nSPS) is 13.6. The maximum absolute atomic E-state index is 10.7. The van der Waals surface area contributed by atoms with Gasteiger partial charge in [-0.1, -0.05) is 5.16 Å². The summed E-state index contributed by atoms with van der Waals surface area (Å²) in [4.78, 5) is 10.7. The molecule has 18 heavy (non-hydrogen) atoms. The first-order valence-electron chi connectivity index (χ1n) is 5.70. The van der Waals surface area contributed by atoms with Gasteiger partial charge in [-0.15, -0.1) is 0 Å². The fourth-order valence-corrected chi connectivity index (χ4v) is 2.32. The molecule has 0 bridgehead atoms. The molecule has 0 unspecified atom stereocenters. The van der Waals surface area contributed by atoms with E-state index in [2.05, 4.69) is 5.16 Å². The monoisotopic (exact) mass is 245 g/mol. The average molecular weight is 245 g/mol. The summed E-state index contributed by atoms with van der Waals surface area (Å²) < 4.78 is 4.69. The Morgan fingerprint density at radius 1 is 1.22 bits per heavy atom. The van der Waals surface area contributed by atoms with Crippen molar-refractivity contribution < 1.29 is 19.5 Å². The molecule has 5 heteroatoms. The zero-order valence-electron chi connectivity index (χ0n) is 9.51. The third kappa shape index (κ3) is 1.64. The van der Waals surface area contributed by atoms with Gasteiger partial charge in [-0.2, -0.15) is 0 Å². The van der Waals surface area contributed by atoms with E-state index in [1.807, 2.05) is 6.07 Å². The van der Waals surface area contributed by atoms with E-state index >= 15 is 0 Å². The number of aromatic nitrogens is 1. The van der Waals surface area contributed by atoms with Crippen LogP contribution in [0.5, 0.6) is 5.75 Å². The number of benzene rings is 1. The van der Waals surface area contributed by atoms with Gasteiger partial charge in [0, 0.05) is 11.6 Å². The molecule has 1 aromatic carbocycles. The van der Waals surface area contributed by atoms with Gasteiger partial charge < -0.3 is 14.7 Å². The number of aryl methyl sites for hydroxylation is 2. The SMILES string of the molecule is O=C(O)c1cc(-c2cc3c(cc2O)CCC3)no1. The van der Waals surface area contributed by atoms with Crippen molar-refractivity contribution in [3.05, 3.63) is 35.1 Å². The first kappa shape index (κ1) is 10.8. The van der Waals surface area contributed by atoms with E-state index in [0.29, 0.717) is 11.3 Å². The van der Waals surface area contributed by atoms with Gasteiger partial charge in [0.05, 0.1) is 0 Å². The summed E-state index contributed by atoms with van der Waals surface area (Å²) in [6, 6.07) is 4.91. The number of aromatic hydroxyl groups is 1. The van der Waals surface area contributed by atoms with Crippen LogP contribution < -0.4 is 0 Å². The lowest BCUT2D eigenvalue weighted by molar-refractivity contribution is 0.0652.